The van der Waals surface area contributed by atoms with Gasteiger partial charge in [-0.05, 0) is 38.1 Å². The van der Waals surface area contributed by atoms with Gasteiger partial charge in [0.2, 0.25) is 0 Å². The van der Waals surface area contributed by atoms with Gasteiger partial charge in [-0.2, -0.15) is 0 Å². The predicted octanol–water partition coefficient (Wildman–Crippen LogP) is 1.08. The Hall–Kier alpha value is -0.160. The second kappa shape index (κ2) is 8.86. The summed E-state index contributed by atoms with van der Waals surface area (Å²) in [6, 6.07) is 0.369. The van der Waals surface area contributed by atoms with Crippen molar-refractivity contribution in [1.82, 2.24) is 4.90 Å². The molecule has 3 N–H and O–H groups in total. The van der Waals surface area contributed by atoms with Gasteiger partial charge in [0.15, 0.2) is 0 Å². The molecule has 4 heteroatoms. The zero-order valence-electron chi connectivity index (χ0n) is 12.0. The highest BCUT2D eigenvalue weighted by molar-refractivity contribution is 4.83. The number of likely N-dealkylation sites (N-methyl/N-ethyl adjacent to an activating group) is 1. The minimum absolute atomic E-state index is 0.107. The van der Waals surface area contributed by atoms with Crippen LogP contribution >= 0.6 is 0 Å². The molecule has 0 saturated heterocycles. The fraction of sp³-hybridized carbons (Fsp3) is 1.00. The predicted molar refractivity (Wildman–Crippen MR) is 74.5 cm³/mol. The summed E-state index contributed by atoms with van der Waals surface area (Å²) in [5.74, 6) is 1.50. The van der Waals surface area contributed by atoms with Gasteiger partial charge in [-0.1, -0.05) is 13.3 Å². The van der Waals surface area contributed by atoms with E-state index in [1.807, 2.05) is 0 Å². The second-order valence-corrected chi connectivity index (χ2v) is 5.61. The van der Waals surface area contributed by atoms with E-state index in [0.29, 0.717) is 25.2 Å². The van der Waals surface area contributed by atoms with Crippen LogP contribution in [0.25, 0.3) is 0 Å². The second-order valence-electron chi connectivity index (χ2n) is 5.61. The van der Waals surface area contributed by atoms with Crippen molar-refractivity contribution in [2.75, 3.05) is 40.0 Å². The molecular weight excluding hydrogens is 228 g/mol. The molecule has 3 unspecified atom stereocenters. The van der Waals surface area contributed by atoms with E-state index in [-0.39, 0.29) is 6.61 Å². The number of rotatable bonds is 8. The molecule has 108 valence electrons. The van der Waals surface area contributed by atoms with Crippen LogP contribution in [0.4, 0.5) is 0 Å². The van der Waals surface area contributed by atoms with Crippen molar-refractivity contribution < 1.29 is 9.84 Å². The summed E-state index contributed by atoms with van der Waals surface area (Å²) in [6.07, 6.45) is 5.04. The molecule has 1 saturated carbocycles. The van der Waals surface area contributed by atoms with E-state index in [0.717, 1.165) is 19.0 Å². The maximum atomic E-state index is 8.63. The lowest BCUT2D eigenvalue weighted by atomic mass is 9.77. The maximum Gasteiger partial charge on any atom is 0.0698 e. The molecule has 1 fully saturated rings. The van der Waals surface area contributed by atoms with Crippen LogP contribution in [0.3, 0.4) is 0 Å². The van der Waals surface area contributed by atoms with Crippen LogP contribution < -0.4 is 5.73 Å². The molecule has 0 aromatic heterocycles. The highest BCUT2D eigenvalue weighted by Crippen LogP contribution is 2.30. The SMILES string of the molecule is CCC1CCC(N)C(CN(C)CCOCCO)C1. The molecular formula is C14H30N2O2. The van der Waals surface area contributed by atoms with Crippen molar-refractivity contribution in [3.8, 4) is 0 Å². The number of hydrogen-bond acceptors (Lipinski definition) is 4. The first kappa shape index (κ1) is 15.9. The number of nitrogens with zero attached hydrogens (tertiary/aromatic N) is 1. The maximum absolute atomic E-state index is 8.63. The first-order valence-electron chi connectivity index (χ1n) is 7.30. The monoisotopic (exact) mass is 258 g/mol. The van der Waals surface area contributed by atoms with E-state index in [1.165, 1.54) is 25.7 Å². The molecule has 0 aliphatic heterocycles. The zero-order chi connectivity index (χ0) is 13.4. The van der Waals surface area contributed by atoms with Crippen molar-refractivity contribution in [2.45, 2.75) is 38.6 Å². The van der Waals surface area contributed by atoms with Crippen molar-refractivity contribution in [1.29, 1.82) is 0 Å². The lowest BCUT2D eigenvalue weighted by molar-refractivity contribution is 0.0714. The van der Waals surface area contributed by atoms with Gasteiger partial charge in [0, 0.05) is 19.1 Å². The van der Waals surface area contributed by atoms with E-state index < -0.39 is 0 Å². The Kier molecular flexibility index (Phi) is 7.82. The Bertz CT molecular complexity index is 214. The molecule has 1 rings (SSSR count). The van der Waals surface area contributed by atoms with Gasteiger partial charge in [0.05, 0.1) is 19.8 Å². The standard InChI is InChI=1S/C14H30N2O2/c1-3-12-4-5-14(15)13(10-12)11-16(2)6-8-18-9-7-17/h12-14,17H,3-11,15H2,1-2H3. The molecule has 3 atom stereocenters. The van der Waals surface area contributed by atoms with E-state index in [2.05, 4.69) is 18.9 Å². The van der Waals surface area contributed by atoms with E-state index in [1.54, 1.807) is 0 Å². The summed E-state index contributed by atoms with van der Waals surface area (Å²) in [7, 11) is 2.13. The summed E-state index contributed by atoms with van der Waals surface area (Å²) < 4.78 is 5.29. The summed E-state index contributed by atoms with van der Waals surface area (Å²) in [4.78, 5) is 2.31. The highest BCUT2D eigenvalue weighted by Gasteiger charge is 2.27. The van der Waals surface area contributed by atoms with Crippen LogP contribution in [0.2, 0.25) is 0 Å². The van der Waals surface area contributed by atoms with Crippen LogP contribution in [0, 0.1) is 11.8 Å². The number of aliphatic hydroxyl groups excluding tert-OH is 1. The summed E-state index contributed by atoms with van der Waals surface area (Å²) in [5, 5.41) is 8.63. The summed E-state index contributed by atoms with van der Waals surface area (Å²) in [6.45, 7) is 5.51. The molecule has 0 heterocycles. The Labute approximate surface area is 111 Å². The van der Waals surface area contributed by atoms with Gasteiger partial charge >= 0.3 is 0 Å². The normalized spacial score (nSPS) is 28.8. The average Bonchev–Trinajstić information content (AvgIpc) is 2.37. The number of hydrogen-bond donors (Lipinski definition) is 2. The van der Waals surface area contributed by atoms with Crippen molar-refractivity contribution in [3.63, 3.8) is 0 Å². The molecule has 4 nitrogen and oxygen atoms in total. The Morgan fingerprint density at radius 1 is 1.33 bits per heavy atom. The first-order chi connectivity index (χ1) is 8.67. The molecule has 18 heavy (non-hydrogen) atoms. The molecule has 0 aromatic carbocycles. The van der Waals surface area contributed by atoms with Crippen LogP contribution in [-0.4, -0.2) is 56.0 Å². The summed E-state index contributed by atoms with van der Waals surface area (Å²) >= 11 is 0. The van der Waals surface area contributed by atoms with Crippen LogP contribution in [0.15, 0.2) is 0 Å². The van der Waals surface area contributed by atoms with Gasteiger partial charge in [-0.15, -0.1) is 0 Å². The fourth-order valence-corrected chi connectivity index (χ4v) is 2.84. The first-order valence-corrected chi connectivity index (χ1v) is 7.30. The third-order valence-corrected chi connectivity index (χ3v) is 4.13. The van der Waals surface area contributed by atoms with Crippen LogP contribution in [0.1, 0.15) is 32.6 Å². The Morgan fingerprint density at radius 2 is 2.11 bits per heavy atom. The number of nitrogens with two attached hydrogens (primary N) is 1. The van der Waals surface area contributed by atoms with Crippen molar-refractivity contribution in [2.24, 2.45) is 17.6 Å². The lowest BCUT2D eigenvalue weighted by Crippen LogP contribution is -2.42. The molecule has 0 aromatic rings. The molecule has 1 aliphatic rings. The van der Waals surface area contributed by atoms with Crippen molar-refractivity contribution >= 4 is 0 Å². The third kappa shape index (κ3) is 5.65. The minimum Gasteiger partial charge on any atom is -0.394 e. The highest BCUT2D eigenvalue weighted by atomic mass is 16.5. The van der Waals surface area contributed by atoms with Crippen LogP contribution in [-0.2, 0) is 4.74 Å². The van der Waals surface area contributed by atoms with Gasteiger partial charge < -0.3 is 20.5 Å². The van der Waals surface area contributed by atoms with Gasteiger partial charge in [0.25, 0.3) is 0 Å². The van der Waals surface area contributed by atoms with Gasteiger partial charge in [-0.3, -0.25) is 0 Å². The van der Waals surface area contributed by atoms with Crippen molar-refractivity contribution in [3.05, 3.63) is 0 Å². The lowest BCUT2D eigenvalue weighted by Gasteiger charge is -2.36. The fourth-order valence-electron chi connectivity index (χ4n) is 2.84. The van der Waals surface area contributed by atoms with E-state index in [4.69, 9.17) is 15.6 Å². The topological polar surface area (TPSA) is 58.7 Å². The average molecular weight is 258 g/mol. The number of aliphatic hydroxyl groups is 1. The molecule has 0 amide bonds. The molecule has 0 bridgehead atoms. The largest absolute Gasteiger partial charge is 0.394 e. The minimum atomic E-state index is 0.107. The van der Waals surface area contributed by atoms with E-state index >= 15 is 0 Å². The summed E-state index contributed by atoms with van der Waals surface area (Å²) in [5.41, 5.74) is 6.23. The van der Waals surface area contributed by atoms with E-state index in [9.17, 15) is 0 Å². The zero-order valence-corrected chi connectivity index (χ0v) is 12.0. The Balaban J connectivity index is 2.22. The Morgan fingerprint density at radius 3 is 2.78 bits per heavy atom. The van der Waals surface area contributed by atoms with Gasteiger partial charge in [-0.25, -0.2) is 0 Å². The molecule has 1 aliphatic carbocycles. The smallest absolute Gasteiger partial charge is 0.0698 e. The molecule has 0 spiro atoms. The van der Waals surface area contributed by atoms with Crippen LogP contribution in [0.5, 0.6) is 0 Å². The quantitative estimate of drug-likeness (QED) is 0.640. The van der Waals surface area contributed by atoms with Gasteiger partial charge in [0.1, 0.15) is 0 Å². The molecule has 0 radical (unpaired) electrons. The number of ether oxygens (including phenoxy) is 1. The third-order valence-electron chi connectivity index (χ3n) is 4.13.